The van der Waals surface area contributed by atoms with E-state index in [0.29, 0.717) is 11.4 Å². The van der Waals surface area contributed by atoms with Crippen LogP contribution in [-0.4, -0.2) is 31.1 Å². The maximum atomic E-state index is 13.8. The average Bonchev–Trinajstić information content (AvgIpc) is 3.20. The van der Waals surface area contributed by atoms with Crippen molar-refractivity contribution in [3.63, 3.8) is 0 Å². The Bertz CT molecular complexity index is 1140. The number of ether oxygens (including phenoxy) is 1. The number of carbonyl (C=O) groups excluding carboxylic acids is 1. The summed E-state index contributed by atoms with van der Waals surface area (Å²) >= 11 is 0. The van der Waals surface area contributed by atoms with Gasteiger partial charge in [0.25, 0.3) is 0 Å². The van der Waals surface area contributed by atoms with Gasteiger partial charge in [0.1, 0.15) is 11.2 Å². The number of methoxy groups -OCH3 is 1. The molecule has 1 atom stereocenters. The van der Waals surface area contributed by atoms with Gasteiger partial charge in [0.15, 0.2) is 0 Å². The molecule has 2 aromatic rings. The summed E-state index contributed by atoms with van der Waals surface area (Å²) in [6.07, 6.45) is 6.92. The number of fused-ring (bicyclic) bond motifs is 3. The first kappa shape index (κ1) is 19.8. The number of hydrogen-bond acceptors (Lipinski definition) is 4. The molecule has 5 nitrogen and oxygen atoms in total. The minimum absolute atomic E-state index is 0.0718. The Hall–Kier alpha value is -3.10. The minimum Gasteiger partial charge on any atom is -0.385 e. The molecule has 1 heterocycles. The van der Waals surface area contributed by atoms with Crippen LogP contribution in [0.5, 0.6) is 0 Å². The van der Waals surface area contributed by atoms with Crippen molar-refractivity contribution in [1.82, 2.24) is 4.90 Å². The van der Waals surface area contributed by atoms with E-state index in [1.54, 1.807) is 25.1 Å². The third kappa shape index (κ3) is 2.68. The fourth-order valence-corrected chi connectivity index (χ4v) is 6.12. The van der Waals surface area contributed by atoms with Gasteiger partial charge in [0.2, 0.25) is 5.91 Å². The van der Waals surface area contributed by atoms with Crippen LogP contribution in [0.4, 0.5) is 0 Å². The molecule has 0 aromatic heterocycles. The second kappa shape index (κ2) is 6.96. The summed E-state index contributed by atoms with van der Waals surface area (Å²) in [5, 5.41) is 9.30. The van der Waals surface area contributed by atoms with Crippen molar-refractivity contribution in [1.29, 1.82) is 5.26 Å². The van der Waals surface area contributed by atoms with Crippen molar-refractivity contribution in [2.75, 3.05) is 14.2 Å². The Kier molecular flexibility index (Phi) is 4.46. The van der Waals surface area contributed by atoms with Gasteiger partial charge in [-0.1, -0.05) is 24.3 Å². The number of carbonyl (C=O) groups is 1. The standard InChI is InChI=1S/C26H27N3O2/c1-29-23(28)15-26(24(29)30)22-13-19(18-5-3-4-17(12-18)16-27)6-7-20(22)14-25(26)10-8-21(31-2)9-11-25/h3-7,12-13,15,21H,8-11,14,28H2,1-2H3. The summed E-state index contributed by atoms with van der Waals surface area (Å²) in [5.41, 5.74) is 10.3. The van der Waals surface area contributed by atoms with Crippen molar-refractivity contribution in [2.24, 2.45) is 11.1 Å². The van der Waals surface area contributed by atoms with Gasteiger partial charge in [0.05, 0.1) is 17.7 Å². The molecular weight excluding hydrogens is 386 g/mol. The van der Waals surface area contributed by atoms with Gasteiger partial charge in [0, 0.05) is 14.2 Å². The Morgan fingerprint density at radius 1 is 1.16 bits per heavy atom. The maximum absolute atomic E-state index is 13.8. The van der Waals surface area contributed by atoms with Gasteiger partial charge in [-0.2, -0.15) is 5.26 Å². The van der Waals surface area contributed by atoms with Crippen LogP contribution in [0.25, 0.3) is 11.1 Å². The van der Waals surface area contributed by atoms with Gasteiger partial charge < -0.3 is 15.4 Å². The number of nitrogens with two attached hydrogens (primary N) is 1. The smallest absolute Gasteiger partial charge is 0.243 e. The van der Waals surface area contributed by atoms with Crippen LogP contribution in [0.2, 0.25) is 0 Å². The zero-order valence-electron chi connectivity index (χ0n) is 18.0. The van der Waals surface area contributed by atoms with Crippen LogP contribution in [0.1, 0.15) is 42.4 Å². The molecule has 2 aromatic carbocycles. The molecule has 1 saturated carbocycles. The molecule has 5 heteroatoms. The van der Waals surface area contributed by atoms with Crippen LogP contribution in [-0.2, 0) is 21.4 Å². The van der Waals surface area contributed by atoms with E-state index in [-0.39, 0.29) is 17.4 Å². The van der Waals surface area contributed by atoms with Crippen molar-refractivity contribution in [3.8, 4) is 17.2 Å². The van der Waals surface area contributed by atoms with Gasteiger partial charge in [-0.25, -0.2) is 0 Å². The molecule has 2 aliphatic carbocycles. The van der Waals surface area contributed by atoms with Gasteiger partial charge in [-0.05, 0) is 84.0 Å². The van der Waals surface area contributed by atoms with Gasteiger partial charge in [-0.3, -0.25) is 4.79 Å². The van der Waals surface area contributed by atoms with E-state index in [4.69, 9.17) is 10.5 Å². The normalized spacial score (nSPS) is 29.3. The lowest BCUT2D eigenvalue weighted by Gasteiger charge is -2.46. The Morgan fingerprint density at radius 3 is 2.55 bits per heavy atom. The molecule has 0 saturated heterocycles. The third-order valence-corrected chi connectivity index (χ3v) is 7.84. The van der Waals surface area contributed by atoms with Crippen LogP contribution in [0.3, 0.4) is 0 Å². The first-order valence-electron chi connectivity index (χ1n) is 10.9. The van der Waals surface area contributed by atoms with Crippen molar-refractivity contribution in [3.05, 3.63) is 71.1 Å². The zero-order valence-corrected chi connectivity index (χ0v) is 18.0. The van der Waals surface area contributed by atoms with E-state index >= 15 is 0 Å². The second-order valence-electron chi connectivity index (χ2n) is 9.20. The molecule has 1 fully saturated rings. The fraction of sp³-hybridized carbons (Fsp3) is 0.385. The first-order chi connectivity index (χ1) is 14.9. The van der Waals surface area contributed by atoms with Gasteiger partial charge in [-0.15, -0.1) is 0 Å². The number of nitriles is 1. The van der Waals surface area contributed by atoms with E-state index in [1.807, 2.05) is 24.3 Å². The van der Waals surface area contributed by atoms with E-state index in [9.17, 15) is 10.1 Å². The van der Waals surface area contributed by atoms with Gasteiger partial charge >= 0.3 is 0 Å². The van der Waals surface area contributed by atoms with Crippen molar-refractivity contribution >= 4 is 5.91 Å². The molecule has 5 rings (SSSR count). The summed E-state index contributed by atoms with van der Waals surface area (Å²) in [6.45, 7) is 0. The highest BCUT2D eigenvalue weighted by atomic mass is 16.5. The molecule has 1 aliphatic heterocycles. The number of likely N-dealkylation sites (N-methyl/N-ethyl adjacent to an activating group) is 1. The molecule has 158 valence electrons. The summed E-state index contributed by atoms with van der Waals surface area (Å²) in [6, 6.07) is 16.3. The predicted octanol–water partition coefficient (Wildman–Crippen LogP) is 3.87. The lowest BCUT2D eigenvalue weighted by Crippen LogP contribution is -2.51. The highest BCUT2D eigenvalue weighted by Crippen LogP contribution is 2.62. The van der Waals surface area contributed by atoms with Crippen LogP contribution in [0.15, 0.2) is 54.4 Å². The summed E-state index contributed by atoms with van der Waals surface area (Å²) in [5.74, 6) is 0.602. The summed E-state index contributed by atoms with van der Waals surface area (Å²) in [4.78, 5) is 15.4. The fourth-order valence-electron chi connectivity index (χ4n) is 6.12. The lowest BCUT2D eigenvalue weighted by molar-refractivity contribution is -0.136. The molecular formula is C26H27N3O2. The topological polar surface area (TPSA) is 79.3 Å². The number of hydrogen-bond donors (Lipinski definition) is 1. The van der Waals surface area contributed by atoms with Crippen LogP contribution < -0.4 is 5.73 Å². The average molecular weight is 414 g/mol. The SMILES string of the molecule is COC1CCC2(CC1)Cc1ccc(-c3cccc(C#N)c3)cc1C21C=C(N)N(C)C1=O. The molecule has 0 radical (unpaired) electrons. The predicted molar refractivity (Wildman–Crippen MR) is 119 cm³/mol. The number of amides is 1. The van der Waals surface area contributed by atoms with E-state index < -0.39 is 5.41 Å². The zero-order chi connectivity index (χ0) is 21.8. The largest absolute Gasteiger partial charge is 0.385 e. The maximum Gasteiger partial charge on any atom is 0.243 e. The number of benzene rings is 2. The third-order valence-electron chi connectivity index (χ3n) is 7.84. The lowest BCUT2D eigenvalue weighted by atomic mass is 9.57. The Morgan fingerprint density at radius 2 is 1.90 bits per heavy atom. The summed E-state index contributed by atoms with van der Waals surface area (Å²) < 4.78 is 5.63. The molecule has 0 bridgehead atoms. The van der Waals surface area contributed by atoms with Crippen molar-refractivity contribution < 1.29 is 9.53 Å². The summed E-state index contributed by atoms with van der Waals surface area (Å²) in [7, 11) is 3.55. The van der Waals surface area contributed by atoms with E-state index in [2.05, 4.69) is 24.3 Å². The molecule has 2 spiro atoms. The molecule has 3 aliphatic rings. The van der Waals surface area contributed by atoms with Crippen molar-refractivity contribution in [2.45, 2.75) is 43.6 Å². The highest BCUT2D eigenvalue weighted by molar-refractivity contribution is 5.97. The van der Waals surface area contributed by atoms with Crippen LogP contribution >= 0.6 is 0 Å². The van der Waals surface area contributed by atoms with Crippen LogP contribution in [0, 0.1) is 16.7 Å². The van der Waals surface area contributed by atoms with E-state index in [1.165, 1.54) is 5.56 Å². The monoisotopic (exact) mass is 413 g/mol. The quantitative estimate of drug-likeness (QED) is 0.811. The first-order valence-corrected chi connectivity index (χ1v) is 10.9. The molecule has 1 amide bonds. The molecule has 2 N–H and O–H groups in total. The number of rotatable bonds is 2. The molecule has 1 unspecified atom stereocenters. The Labute approximate surface area is 183 Å². The molecule has 31 heavy (non-hydrogen) atoms. The second-order valence-corrected chi connectivity index (χ2v) is 9.20. The van der Waals surface area contributed by atoms with E-state index in [0.717, 1.165) is 48.8 Å². The Balaban J connectivity index is 1.67. The number of nitrogens with zero attached hydrogens (tertiary/aromatic N) is 2. The minimum atomic E-state index is -0.733. The highest BCUT2D eigenvalue weighted by Gasteiger charge is 2.64.